The van der Waals surface area contributed by atoms with E-state index >= 15 is 0 Å². The van der Waals surface area contributed by atoms with Gasteiger partial charge in [-0.1, -0.05) is 58.5 Å². The normalized spacial score (nSPS) is 15.3. The van der Waals surface area contributed by atoms with Crippen LogP contribution in [0.5, 0.6) is 0 Å². The summed E-state index contributed by atoms with van der Waals surface area (Å²) in [5.41, 5.74) is 5.21. The molecule has 8 rings (SSSR count). The molecule has 56 heavy (non-hydrogen) atoms. The highest BCUT2D eigenvalue weighted by atomic mass is 79.9. The highest BCUT2D eigenvalue weighted by Crippen LogP contribution is 2.38. The van der Waals surface area contributed by atoms with Gasteiger partial charge >= 0.3 is 11.9 Å². The third-order valence-corrected chi connectivity index (χ3v) is 12.9. The van der Waals surface area contributed by atoms with Crippen LogP contribution < -0.4 is 9.80 Å². The standard InChI is InChI=1S/2C20H17BrCl2N2O3/c21-19-14-10-18(20(26)27)28-17(14)4-3-16(19)25-7-5-24(6-8-25)11-12-1-2-13(22)9-15(12)23;21-19-12-10-18(20(26)27)28-17(12)5-4-16(19)25-8-6-24(7-9-25)11-13-14(22)2-1-3-15(13)23/h1-4,9-10H,5-8,11H2,(H,26,27);1-5,10H,6-9,11H2,(H,26,27). The summed E-state index contributed by atoms with van der Waals surface area (Å²) in [4.78, 5) is 31.6. The van der Waals surface area contributed by atoms with E-state index in [1.165, 1.54) is 0 Å². The van der Waals surface area contributed by atoms with Crippen LogP contribution in [-0.2, 0) is 13.1 Å². The lowest BCUT2D eigenvalue weighted by atomic mass is 10.1. The van der Waals surface area contributed by atoms with E-state index in [2.05, 4.69) is 51.5 Å². The average Bonchev–Trinajstić information content (AvgIpc) is 3.83. The number of carbonyl (C=O) groups is 2. The number of carboxylic acids is 2. The van der Waals surface area contributed by atoms with Crippen molar-refractivity contribution in [1.82, 2.24) is 9.80 Å². The largest absolute Gasteiger partial charge is 0.475 e. The molecular weight excluding hydrogens is 934 g/mol. The summed E-state index contributed by atoms with van der Waals surface area (Å²) in [6, 6.07) is 21.9. The molecule has 0 aliphatic carbocycles. The lowest BCUT2D eigenvalue weighted by Gasteiger charge is -2.36. The predicted molar refractivity (Wildman–Crippen MR) is 230 cm³/mol. The Balaban J connectivity index is 0.000000172. The SMILES string of the molecule is O=C(O)c1cc2c(Br)c(N3CCN(Cc4c(Cl)cccc4Cl)CC3)ccc2o1.O=C(O)c1cc2c(Br)c(N3CCN(Cc4ccc(Cl)cc4Cl)CC3)ccc2o1. The topological polar surface area (TPSA) is 114 Å². The molecule has 2 fully saturated rings. The van der Waals surface area contributed by atoms with E-state index in [0.29, 0.717) is 31.3 Å². The first-order valence-electron chi connectivity index (χ1n) is 17.6. The van der Waals surface area contributed by atoms with E-state index in [4.69, 9.17) is 65.5 Å². The molecule has 0 spiro atoms. The number of fused-ring (bicyclic) bond motifs is 2. The molecule has 0 bridgehead atoms. The fourth-order valence-corrected chi connectivity index (χ4v) is 9.29. The number of benzene rings is 4. The number of halogens is 6. The van der Waals surface area contributed by atoms with E-state index in [1.807, 2.05) is 54.6 Å². The first-order chi connectivity index (χ1) is 26.9. The fraction of sp³-hybridized carbons (Fsp3) is 0.250. The molecule has 4 aromatic carbocycles. The molecule has 2 aliphatic heterocycles. The van der Waals surface area contributed by atoms with Crippen LogP contribution in [0.2, 0.25) is 20.1 Å². The Hall–Kier alpha value is -3.46. The number of anilines is 2. The Morgan fingerprint density at radius 2 is 1.05 bits per heavy atom. The van der Waals surface area contributed by atoms with Crippen LogP contribution in [0.15, 0.2) is 90.6 Å². The number of aromatic carboxylic acids is 2. The lowest BCUT2D eigenvalue weighted by molar-refractivity contribution is 0.0655. The summed E-state index contributed by atoms with van der Waals surface area (Å²) in [5.74, 6) is -2.26. The molecule has 0 amide bonds. The molecule has 0 radical (unpaired) electrons. The number of piperazine rings is 2. The van der Waals surface area contributed by atoms with Gasteiger partial charge < -0.3 is 28.8 Å². The summed E-state index contributed by atoms with van der Waals surface area (Å²) < 4.78 is 12.5. The van der Waals surface area contributed by atoms with E-state index in [-0.39, 0.29) is 11.5 Å². The molecule has 2 saturated heterocycles. The van der Waals surface area contributed by atoms with E-state index in [9.17, 15) is 9.59 Å². The second-order valence-electron chi connectivity index (χ2n) is 13.4. The van der Waals surface area contributed by atoms with Gasteiger partial charge in [-0.3, -0.25) is 9.80 Å². The highest BCUT2D eigenvalue weighted by molar-refractivity contribution is 9.11. The zero-order valence-electron chi connectivity index (χ0n) is 29.6. The first kappa shape index (κ1) is 40.7. The maximum absolute atomic E-state index is 11.2. The summed E-state index contributed by atoms with van der Waals surface area (Å²) in [6.07, 6.45) is 0. The molecule has 2 aliphatic rings. The molecule has 0 atom stereocenters. The van der Waals surface area contributed by atoms with Crippen molar-refractivity contribution in [3.8, 4) is 0 Å². The Bertz CT molecular complexity index is 2410. The monoisotopic (exact) mass is 964 g/mol. The Kier molecular flexibility index (Phi) is 12.8. The van der Waals surface area contributed by atoms with Crippen LogP contribution in [0.3, 0.4) is 0 Å². The van der Waals surface area contributed by atoms with Gasteiger partial charge in [0.25, 0.3) is 0 Å². The van der Waals surface area contributed by atoms with Crippen molar-refractivity contribution in [3.05, 3.63) is 124 Å². The molecule has 4 heterocycles. The first-order valence-corrected chi connectivity index (χ1v) is 20.7. The number of hydrogen-bond acceptors (Lipinski definition) is 8. The molecule has 0 saturated carbocycles. The minimum atomic E-state index is -1.07. The molecule has 10 nitrogen and oxygen atoms in total. The second kappa shape index (κ2) is 17.6. The Morgan fingerprint density at radius 3 is 1.50 bits per heavy atom. The van der Waals surface area contributed by atoms with Gasteiger partial charge in [0.2, 0.25) is 11.5 Å². The Morgan fingerprint density at radius 1 is 0.589 bits per heavy atom. The zero-order valence-corrected chi connectivity index (χ0v) is 35.8. The molecular formula is C40H34Br2Cl4N4O6. The average molecular weight is 968 g/mol. The van der Waals surface area contributed by atoms with Gasteiger partial charge in [-0.05, 0) is 86.0 Å². The van der Waals surface area contributed by atoms with Crippen LogP contribution in [0.25, 0.3) is 21.9 Å². The van der Waals surface area contributed by atoms with Gasteiger partial charge in [0.05, 0.1) is 20.3 Å². The zero-order chi connectivity index (χ0) is 39.7. The van der Waals surface area contributed by atoms with Crippen LogP contribution >= 0.6 is 78.3 Å². The molecule has 2 aromatic heterocycles. The maximum atomic E-state index is 11.2. The van der Waals surface area contributed by atoms with Gasteiger partial charge in [0, 0.05) is 114 Å². The van der Waals surface area contributed by atoms with Gasteiger partial charge in [-0.2, -0.15) is 0 Å². The van der Waals surface area contributed by atoms with Crippen molar-refractivity contribution in [1.29, 1.82) is 0 Å². The summed E-state index contributed by atoms with van der Waals surface area (Å²) in [7, 11) is 0. The highest BCUT2D eigenvalue weighted by Gasteiger charge is 2.24. The van der Waals surface area contributed by atoms with E-state index < -0.39 is 11.9 Å². The van der Waals surface area contributed by atoms with Crippen LogP contribution in [0, 0.1) is 0 Å². The maximum Gasteiger partial charge on any atom is 0.371 e. The lowest BCUT2D eigenvalue weighted by Crippen LogP contribution is -2.46. The van der Waals surface area contributed by atoms with Crippen LogP contribution in [0.1, 0.15) is 32.2 Å². The number of carboxylic acid groups (broad SMARTS) is 2. The summed E-state index contributed by atoms with van der Waals surface area (Å²) in [6.45, 7) is 8.45. The van der Waals surface area contributed by atoms with E-state index in [1.54, 1.807) is 18.2 Å². The minimum absolute atomic E-state index is 0.0579. The second-order valence-corrected chi connectivity index (χ2v) is 16.7. The molecule has 16 heteroatoms. The van der Waals surface area contributed by atoms with Crippen molar-refractivity contribution in [2.75, 3.05) is 62.2 Å². The molecule has 0 unspecified atom stereocenters. The van der Waals surface area contributed by atoms with Crippen LogP contribution in [0.4, 0.5) is 11.4 Å². The predicted octanol–water partition coefficient (Wildman–Crippen LogP) is 11.0. The van der Waals surface area contributed by atoms with Crippen LogP contribution in [-0.4, -0.2) is 84.3 Å². The fourth-order valence-electron chi connectivity index (χ4n) is 6.92. The van der Waals surface area contributed by atoms with E-state index in [0.717, 1.165) is 108 Å². The third-order valence-electron chi connectivity index (χ3n) is 9.93. The third kappa shape index (κ3) is 8.98. The smallest absolute Gasteiger partial charge is 0.371 e. The van der Waals surface area contributed by atoms with Crippen molar-refractivity contribution >= 4 is 124 Å². The van der Waals surface area contributed by atoms with Crippen molar-refractivity contribution < 1.29 is 28.6 Å². The minimum Gasteiger partial charge on any atom is -0.475 e. The molecule has 292 valence electrons. The number of furan rings is 2. The van der Waals surface area contributed by atoms with Gasteiger partial charge in [-0.15, -0.1) is 0 Å². The number of nitrogens with zero attached hydrogens (tertiary/aromatic N) is 4. The number of hydrogen-bond donors (Lipinski definition) is 2. The van der Waals surface area contributed by atoms with Gasteiger partial charge in [0.1, 0.15) is 11.2 Å². The van der Waals surface area contributed by atoms with Crippen molar-refractivity contribution in [2.45, 2.75) is 13.1 Å². The number of rotatable bonds is 8. The Labute approximate surface area is 359 Å². The molecule has 6 aromatic rings. The molecule has 2 N–H and O–H groups in total. The van der Waals surface area contributed by atoms with Gasteiger partial charge in [-0.25, -0.2) is 9.59 Å². The van der Waals surface area contributed by atoms with Gasteiger partial charge in [0.15, 0.2) is 0 Å². The summed E-state index contributed by atoms with van der Waals surface area (Å²) in [5, 5.41) is 22.5. The summed E-state index contributed by atoms with van der Waals surface area (Å²) >= 11 is 32.1. The van der Waals surface area contributed by atoms with Crippen molar-refractivity contribution in [3.63, 3.8) is 0 Å². The quantitative estimate of drug-likeness (QED) is 0.153. The van der Waals surface area contributed by atoms with Crippen molar-refractivity contribution in [2.24, 2.45) is 0 Å².